The molecule has 0 bridgehead atoms. The molecule has 1 amide bonds. The standard InChI is InChI=1S/C15H21ClN2O/c1-3-10-4-7-14(9(10)2)18-15(19)12-8-11(17)5-6-13(12)16/h5-6,8-10,14H,3-4,7,17H2,1-2H3,(H,18,19). The second-order valence-corrected chi connectivity index (χ2v) is 5.83. The number of nitrogens with one attached hydrogen (secondary N) is 1. The first kappa shape index (κ1) is 14.2. The highest BCUT2D eigenvalue weighted by molar-refractivity contribution is 6.34. The lowest BCUT2D eigenvalue weighted by Crippen LogP contribution is -2.37. The lowest BCUT2D eigenvalue weighted by molar-refractivity contribution is 0.0927. The first-order valence-electron chi connectivity index (χ1n) is 6.88. The van der Waals surface area contributed by atoms with E-state index in [-0.39, 0.29) is 11.9 Å². The molecule has 1 aromatic carbocycles. The van der Waals surface area contributed by atoms with Crippen LogP contribution in [-0.4, -0.2) is 11.9 Å². The number of amides is 1. The molecule has 0 radical (unpaired) electrons. The molecule has 0 aromatic heterocycles. The molecule has 3 atom stereocenters. The van der Waals surface area contributed by atoms with Crippen LogP contribution in [0.15, 0.2) is 18.2 Å². The number of carbonyl (C=O) groups excluding carboxylic acids is 1. The van der Waals surface area contributed by atoms with E-state index in [4.69, 9.17) is 17.3 Å². The fraction of sp³-hybridized carbons (Fsp3) is 0.533. The summed E-state index contributed by atoms with van der Waals surface area (Å²) in [7, 11) is 0. The third kappa shape index (κ3) is 3.03. The Balaban J connectivity index is 2.07. The van der Waals surface area contributed by atoms with E-state index in [0.29, 0.717) is 28.1 Å². The van der Waals surface area contributed by atoms with Crippen LogP contribution in [0.4, 0.5) is 5.69 Å². The van der Waals surface area contributed by atoms with Gasteiger partial charge in [-0.25, -0.2) is 0 Å². The van der Waals surface area contributed by atoms with Crippen LogP contribution in [0.2, 0.25) is 5.02 Å². The Morgan fingerprint density at radius 2 is 2.21 bits per heavy atom. The van der Waals surface area contributed by atoms with Crippen molar-refractivity contribution in [1.29, 1.82) is 0 Å². The topological polar surface area (TPSA) is 55.1 Å². The van der Waals surface area contributed by atoms with Crippen LogP contribution in [0.25, 0.3) is 0 Å². The SMILES string of the molecule is CCC1CCC(NC(=O)c2cc(N)ccc2Cl)C1C. The Bertz CT molecular complexity index is 475. The van der Waals surface area contributed by atoms with Crippen LogP contribution in [-0.2, 0) is 0 Å². The summed E-state index contributed by atoms with van der Waals surface area (Å²) in [6, 6.07) is 5.24. The van der Waals surface area contributed by atoms with Gasteiger partial charge in [-0.3, -0.25) is 4.79 Å². The highest BCUT2D eigenvalue weighted by Gasteiger charge is 2.32. The molecule has 0 saturated heterocycles. The maximum Gasteiger partial charge on any atom is 0.253 e. The molecule has 1 saturated carbocycles. The van der Waals surface area contributed by atoms with Gasteiger partial charge in [0.25, 0.3) is 5.91 Å². The van der Waals surface area contributed by atoms with Crippen molar-refractivity contribution in [2.24, 2.45) is 11.8 Å². The Morgan fingerprint density at radius 3 is 2.84 bits per heavy atom. The fourth-order valence-electron chi connectivity index (χ4n) is 2.99. The summed E-state index contributed by atoms with van der Waals surface area (Å²) in [6.45, 7) is 4.42. The molecule has 1 aromatic rings. The van der Waals surface area contributed by atoms with Crippen molar-refractivity contribution in [3.8, 4) is 0 Å². The zero-order valence-corrected chi connectivity index (χ0v) is 12.2. The van der Waals surface area contributed by atoms with E-state index in [2.05, 4.69) is 19.2 Å². The quantitative estimate of drug-likeness (QED) is 0.833. The average molecular weight is 281 g/mol. The summed E-state index contributed by atoms with van der Waals surface area (Å²) in [5.41, 5.74) is 6.73. The number of benzene rings is 1. The molecule has 1 aliphatic rings. The summed E-state index contributed by atoms with van der Waals surface area (Å²) < 4.78 is 0. The molecule has 1 aliphatic carbocycles. The van der Waals surface area contributed by atoms with Crippen molar-refractivity contribution in [3.63, 3.8) is 0 Å². The largest absolute Gasteiger partial charge is 0.399 e. The fourth-order valence-corrected chi connectivity index (χ4v) is 3.19. The molecular weight excluding hydrogens is 260 g/mol. The number of hydrogen-bond donors (Lipinski definition) is 2. The first-order valence-corrected chi connectivity index (χ1v) is 7.26. The van der Waals surface area contributed by atoms with Gasteiger partial charge in [0.15, 0.2) is 0 Å². The van der Waals surface area contributed by atoms with Crippen molar-refractivity contribution >= 4 is 23.2 Å². The van der Waals surface area contributed by atoms with Crippen molar-refractivity contribution in [3.05, 3.63) is 28.8 Å². The summed E-state index contributed by atoms with van der Waals surface area (Å²) in [5, 5.41) is 3.55. The van der Waals surface area contributed by atoms with Crippen LogP contribution in [0.5, 0.6) is 0 Å². The summed E-state index contributed by atoms with van der Waals surface area (Å²) in [6.07, 6.45) is 3.41. The van der Waals surface area contributed by atoms with Crippen LogP contribution >= 0.6 is 11.6 Å². The summed E-state index contributed by atoms with van der Waals surface area (Å²) >= 11 is 6.05. The molecule has 3 unspecified atom stereocenters. The Hall–Kier alpha value is -1.22. The molecule has 0 heterocycles. The predicted octanol–water partition coefficient (Wildman–Crippen LogP) is 3.48. The number of carbonyl (C=O) groups is 1. The van der Waals surface area contributed by atoms with E-state index in [1.165, 1.54) is 12.8 Å². The molecule has 104 valence electrons. The number of anilines is 1. The smallest absolute Gasteiger partial charge is 0.253 e. The normalized spacial score (nSPS) is 26.4. The monoisotopic (exact) mass is 280 g/mol. The zero-order valence-electron chi connectivity index (χ0n) is 11.4. The van der Waals surface area contributed by atoms with Crippen molar-refractivity contribution < 1.29 is 4.79 Å². The molecular formula is C15H21ClN2O. The van der Waals surface area contributed by atoms with Gasteiger partial charge in [0, 0.05) is 11.7 Å². The molecule has 0 spiro atoms. The maximum absolute atomic E-state index is 12.3. The van der Waals surface area contributed by atoms with Gasteiger partial charge in [0.1, 0.15) is 0 Å². The minimum Gasteiger partial charge on any atom is -0.399 e. The zero-order chi connectivity index (χ0) is 14.0. The number of hydrogen-bond acceptors (Lipinski definition) is 2. The lowest BCUT2D eigenvalue weighted by Gasteiger charge is -2.21. The Kier molecular flexibility index (Phi) is 4.35. The van der Waals surface area contributed by atoms with Crippen molar-refractivity contribution in [2.45, 2.75) is 39.2 Å². The molecule has 3 nitrogen and oxygen atoms in total. The van der Waals surface area contributed by atoms with Gasteiger partial charge in [-0.05, 0) is 42.9 Å². The van der Waals surface area contributed by atoms with Gasteiger partial charge in [-0.2, -0.15) is 0 Å². The number of rotatable bonds is 3. The van der Waals surface area contributed by atoms with E-state index >= 15 is 0 Å². The number of nitrogens with two attached hydrogens (primary N) is 1. The second kappa shape index (κ2) is 5.83. The first-order chi connectivity index (χ1) is 9.02. The van der Waals surface area contributed by atoms with Gasteiger partial charge in [0.05, 0.1) is 10.6 Å². The van der Waals surface area contributed by atoms with Crippen LogP contribution < -0.4 is 11.1 Å². The minimum atomic E-state index is -0.120. The molecule has 1 fully saturated rings. The van der Waals surface area contributed by atoms with E-state index in [1.807, 2.05) is 0 Å². The van der Waals surface area contributed by atoms with Crippen LogP contribution in [0.3, 0.4) is 0 Å². The van der Waals surface area contributed by atoms with Gasteiger partial charge in [-0.15, -0.1) is 0 Å². The molecule has 2 rings (SSSR count). The number of halogens is 1. The third-order valence-electron chi connectivity index (χ3n) is 4.30. The molecule has 3 N–H and O–H groups in total. The summed E-state index contributed by atoms with van der Waals surface area (Å²) in [4.78, 5) is 12.3. The third-order valence-corrected chi connectivity index (χ3v) is 4.63. The van der Waals surface area contributed by atoms with Gasteiger partial charge in [-0.1, -0.05) is 31.9 Å². The van der Waals surface area contributed by atoms with Crippen LogP contribution in [0, 0.1) is 11.8 Å². The molecule has 19 heavy (non-hydrogen) atoms. The van der Waals surface area contributed by atoms with Crippen molar-refractivity contribution in [2.75, 3.05) is 5.73 Å². The molecule has 0 aliphatic heterocycles. The van der Waals surface area contributed by atoms with Gasteiger partial charge < -0.3 is 11.1 Å². The maximum atomic E-state index is 12.3. The van der Waals surface area contributed by atoms with E-state index < -0.39 is 0 Å². The summed E-state index contributed by atoms with van der Waals surface area (Å²) in [5.74, 6) is 1.11. The Morgan fingerprint density at radius 1 is 1.47 bits per heavy atom. The van der Waals surface area contributed by atoms with Gasteiger partial charge >= 0.3 is 0 Å². The van der Waals surface area contributed by atoms with E-state index in [0.717, 1.165) is 6.42 Å². The minimum absolute atomic E-state index is 0.120. The Labute approximate surface area is 119 Å². The van der Waals surface area contributed by atoms with E-state index in [1.54, 1.807) is 18.2 Å². The van der Waals surface area contributed by atoms with E-state index in [9.17, 15) is 4.79 Å². The highest BCUT2D eigenvalue weighted by Crippen LogP contribution is 2.34. The molecule has 4 heteroatoms. The lowest BCUT2D eigenvalue weighted by atomic mass is 9.93. The second-order valence-electron chi connectivity index (χ2n) is 5.42. The number of nitrogen functional groups attached to an aromatic ring is 1. The predicted molar refractivity (Wildman–Crippen MR) is 79.3 cm³/mol. The van der Waals surface area contributed by atoms with Gasteiger partial charge in [0.2, 0.25) is 0 Å². The average Bonchev–Trinajstić information content (AvgIpc) is 2.73. The van der Waals surface area contributed by atoms with Crippen molar-refractivity contribution in [1.82, 2.24) is 5.32 Å². The van der Waals surface area contributed by atoms with Crippen LogP contribution in [0.1, 0.15) is 43.5 Å². The highest BCUT2D eigenvalue weighted by atomic mass is 35.5.